The van der Waals surface area contributed by atoms with Crippen molar-refractivity contribution in [3.63, 3.8) is 0 Å². The number of para-hydroxylation sites is 2. The number of amides is 1. The maximum absolute atomic E-state index is 12.5. The highest BCUT2D eigenvalue weighted by atomic mass is 16.2. The van der Waals surface area contributed by atoms with Crippen LogP contribution in [0.25, 0.3) is 11.0 Å². The van der Waals surface area contributed by atoms with Crippen LogP contribution in [0.2, 0.25) is 0 Å². The molecule has 1 saturated carbocycles. The Morgan fingerprint density at radius 3 is 2.75 bits per heavy atom. The molecule has 1 amide bonds. The van der Waals surface area contributed by atoms with Crippen LogP contribution in [0.15, 0.2) is 35.9 Å². The number of nitrogens with zero attached hydrogens (tertiary/aromatic N) is 2. The molecule has 1 fully saturated rings. The van der Waals surface area contributed by atoms with Gasteiger partial charge < -0.3 is 9.88 Å². The van der Waals surface area contributed by atoms with Gasteiger partial charge in [-0.2, -0.15) is 0 Å². The second-order valence-corrected chi connectivity index (χ2v) is 7.66. The third-order valence-electron chi connectivity index (χ3n) is 5.19. The maximum Gasteiger partial charge on any atom is 0.224 e. The molecule has 4 nitrogen and oxygen atoms in total. The number of allylic oxidation sites excluding steroid dienone is 2. The van der Waals surface area contributed by atoms with E-state index >= 15 is 0 Å². The van der Waals surface area contributed by atoms with E-state index in [1.54, 1.807) is 0 Å². The molecule has 0 aliphatic heterocycles. The lowest BCUT2D eigenvalue weighted by molar-refractivity contribution is -0.123. The summed E-state index contributed by atoms with van der Waals surface area (Å²) in [4.78, 5) is 17.1. The van der Waals surface area contributed by atoms with Crippen LogP contribution in [-0.2, 0) is 11.3 Å². The highest BCUT2D eigenvalue weighted by molar-refractivity contribution is 5.83. The number of benzene rings is 1. The van der Waals surface area contributed by atoms with Gasteiger partial charge in [0.05, 0.1) is 17.0 Å². The van der Waals surface area contributed by atoms with Crippen molar-refractivity contribution < 1.29 is 4.79 Å². The predicted octanol–water partition coefficient (Wildman–Crippen LogP) is 3.70. The van der Waals surface area contributed by atoms with Crippen LogP contribution in [0.5, 0.6) is 0 Å². The Morgan fingerprint density at radius 1 is 1.33 bits per heavy atom. The van der Waals surface area contributed by atoms with Crippen LogP contribution in [0.1, 0.15) is 33.5 Å². The van der Waals surface area contributed by atoms with Gasteiger partial charge in [0, 0.05) is 13.1 Å². The fourth-order valence-electron chi connectivity index (χ4n) is 3.73. The van der Waals surface area contributed by atoms with E-state index in [2.05, 4.69) is 54.7 Å². The summed E-state index contributed by atoms with van der Waals surface area (Å²) in [6.45, 7) is 11.9. The van der Waals surface area contributed by atoms with Gasteiger partial charge in [-0.25, -0.2) is 4.98 Å². The summed E-state index contributed by atoms with van der Waals surface area (Å²) in [7, 11) is 0. The minimum atomic E-state index is 0.0684. The van der Waals surface area contributed by atoms with E-state index in [0.29, 0.717) is 12.5 Å². The zero-order valence-electron chi connectivity index (χ0n) is 15.3. The van der Waals surface area contributed by atoms with Crippen LogP contribution in [-0.4, -0.2) is 22.0 Å². The first kappa shape index (κ1) is 16.7. The number of hydrogen-bond acceptors (Lipinski definition) is 2. The molecule has 1 aromatic heterocycles. The summed E-state index contributed by atoms with van der Waals surface area (Å²) in [5.74, 6) is 1.61. The van der Waals surface area contributed by atoms with E-state index < -0.39 is 0 Å². The molecule has 1 aliphatic rings. The summed E-state index contributed by atoms with van der Waals surface area (Å²) >= 11 is 0. The first-order valence-electron chi connectivity index (χ1n) is 8.67. The zero-order chi connectivity index (χ0) is 17.5. The predicted molar refractivity (Wildman–Crippen MR) is 97.7 cm³/mol. The molecular formula is C20H27N3O. The van der Waals surface area contributed by atoms with Gasteiger partial charge in [0.2, 0.25) is 5.91 Å². The highest BCUT2D eigenvalue weighted by Crippen LogP contribution is 2.59. The Hall–Kier alpha value is -2.10. The van der Waals surface area contributed by atoms with E-state index in [4.69, 9.17) is 0 Å². The Balaban J connectivity index is 1.62. The van der Waals surface area contributed by atoms with Crippen molar-refractivity contribution in [3.05, 3.63) is 41.7 Å². The molecule has 1 heterocycles. The lowest BCUT2D eigenvalue weighted by Crippen LogP contribution is -2.30. The van der Waals surface area contributed by atoms with Crippen LogP contribution in [0, 0.1) is 24.2 Å². The van der Waals surface area contributed by atoms with Crippen LogP contribution < -0.4 is 5.32 Å². The van der Waals surface area contributed by atoms with Crippen LogP contribution in [0.4, 0.5) is 0 Å². The number of hydrogen-bond donors (Lipinski definition) is 1. The van der Waals surface area contributed by atoms with Crippen molar-refractivity contribution in [2.24, 2.45) is 17.3 Å². The van der Waals surface area contributed by atoms with E-state index in [-0.39, 0.29) is 17.2 Å². The molecule has 1 aliphatic carbocycles. The quantitative estimate of drug-likeness (QED) is 0.852. The first-order valence-corrected chi connectivity index (χ1v) is 8.67. The van der Waals surface area contributed by atoms with Crippen LogP contribution >= 0.6 is 0 Å². The fourth-order valence-corrected chi connectivity index (χ4v) is 3.73. The average molecular weight is 325 g/mol. The summed E-state index contributed by atoms with van der Waals surface area (Å²) in [6.07, 6.45) is 2.23. The molecule has 2 unspecified atom stereocenters. The minimum absolute atomic E-state index is 0.0684. The molecular weight excluding hydrogens is 298 g/mol. The van der Waals surface area contributed by atoms with Crippen molar-refractivity contribution in [1.82, 2.24) is 14.9 Å². The highest BCUT2D eigenvalue weighted by Gasteiger charge is 2.60. The number of carbonyl (C=O) groups is 1. The van der Waals surface area contributed by atoms with Crippen molar-refractivity contribution in [2.45, 2.75) is 41.2 Å². The van der Waals surface area contributed by atoms with Crippen molar-refractivity contribution in [3.8, 4) is 0 Å². The maximum atomic E-state index is 12.5. The number of carbonyl (C=O) groups excluding carboxylic acids is 1. The molecule has 0 saturated heterocycles. The van der Waals surface area contributed by atoms with Gasteiger partial charge in [-0.3, -0.25) is 4.79 Å². The molecule has 2 atom stereocenters. The molecule has 0 spiro atoms. The topological polar surface area (TPSA) is 46.9 Å². The molecule has 24 heavy (non-hydrogen) atoms. The van der Waals surface area contributed by atoms with Crippen molar-refractivity contribution >= 4 is 16.9 Å². The van der Waals surface area contributed by atoms with Gasteiger partial charge in [-0.1, -0.05) is 37.6 Å². The SMILES string of the molecule is CC(C)=CC1C(C(=O)NCCn2c(C)nc3ccccc32)C1(C)C. The molecule has 1 aromatic carbocycles. The van der Waals surface area contributed by atoms with Gasteiger partial charge in [0.1, 0.15) is 5.82 Å². The molecule has 0 radical (unpaired) electrons. The van der Waals surface area contributed by atoms with Crippen LogP contribution in [0.3, 0.4) is 0 Å². The Kier molecular flexibility index (Phi) is 4.24. The normalized spacial score (nSPS) is 21.5. The Morgan fingerprint density at radius 2 is 2.04 bits per heavy atom. The van der Waals surface area contributed by atoms with Crippen molar-refractivity contribution in [2.75, 3.05) is 6.54 Å². The van der Waals surface area contributed by atoms with Gasteiger partial charge >= 0.3 is 0 Å². The lowest BCUT2D eigenvalue weighted by Gasteiger charge is -2.09. The Labute approximate surface area is 144 Å². The third-order valence-corrected chi connectivity index (χ3v) is 5.19. The number of fused-ring (bicyclic) bond motifs is 1. The lowest BCUT2D eigenvalue weighted by atomic mass is 10.1. The number of nitrogens with one attached hydrogen (secondary N) is 1. The Bertz CT molecular complexity index is 796. The van der Waals surface area contributed by atoms with Gasteiger partial charge in [0.25, 0.3) is 0 Å². The third kappa shape index (κ3) is 2.97. The molecule has 1 N–H and O–H groups in total. The number of aromatic nitrogens is 2. The molecule has 0 bridgehead atoms. The standard InChI is InChI=1S/C20H27N3O/c1-13(2)12-15-18(20(15,4)5)19(24)21-10-11-23-14(3)22-16-8-6-7-9-17(16)23/h6-9,12,15,18H,10-11H2,1-5H3,(H,21,24). The van der Waals surface area contributed by atoms with E-state index in [1.807, 2.05) is 25.1 Å². The van der Waals surface area contributed by atoms with E-state index in [9.17, 15) is 4.79 Å². The smallest absolute Gasteiger partial charge is 0.224 e. The molecule has 4 heteroatoms. The van der Waals surface area contributed by atoms with Gasteiger partial charge in [-0.05, 0) is 44.2 Å². The zero-order valence-corrected chi connectivity index (χ0v) is 15.3. The fraction of sp³-hybridized carbons (Fsp3) is 0.500. The number of rotatable bonds is 5. The largest absolute Gasteiger partial charge is 0.354 e. The first-order chi connectivity index (χ1) is 11.3. The summed E-state index contributed by atoms with van der Waals surface area (Å²) < 4.78 is 2.17. The molecule has 2 aromatic rings. The average Bonchev–Trinajstić information content (AvgIpc) is 2.88. The van der Waals surface area contributed by atoms with E-state index in [1.165, 1.54) is 5.57 Å². The number of imidazole rings is 1. The van der Waals surface area contributed by atoms with E-state index in [0.717, 1.165) is 23.4 Å². The summed E-state index contributed by atoms with van der Waals surface area (Å²) in [5, 5.41) is 3.12. The second-order valence-electron chi connectivity index (χ2n) is 7.66. The number of aryl methyl sites for hydroxylation is 1. The minimum Gasteiger partial charge on any atom is -0.354 e. The summed E-state index contributed by atoms with van der Waals surface area (Å²) in [5.41, 5.74) is 3.48. The van der Waals surface area contributed by atoms with Gasteiger partial charge in [-0.15, -0.1) is 0 Å². The molecule has 3 rings (SSSR count). The summed E-state index contributed by atoms with van der Waals surface area (Å²) in [6, 6.07) is 8.12. The molecule has 128 valence electrons. The van der Waals surface area contributed by atoms with Crippen molar-refractivity contribution in [1.29, 1.82) is 0 Å². The second kappa shape index (κ2) is 6.08. The monoisotopic (exact) mass is 325 g/mol. The van der Waals surface area contributed by atoms with Gasteiger partial charge in [0.15, 0.2) is 0 Å².